The molecule has 0 aromatic heterocycles. The fourth-order valence-corrected chi connectivity index (χ4v) is 3.19. The van der Waals surface area contributed by atoms with Crippen LogP contribution in [0, 0.1) is 11.6 Å². The van der Waals surface area contributed by atoms with Crippen molar-refractivity contribution in [2.24, 2.45) is 0 Å². The van der Waals surface area contributed by atoms with Crippen molar-refractivity contribution in [3.8, 4) is 0 Å². The van der Waals surface area contributed by atoms with Gasteiger partial charge in [0, 0.05) is 12.5 Å². The van der Waals surface area contributed by atoms with Gasteiger partial charge in [-0.2, -0.15) is 0 Å². The number of aliphatic carboxylic acids is 1. The van der Waals surface area contributed by atoms with Gasteiger partial charge < -0.3 is 15.7 Å². The van der Waals surface area contributed by atoms with Crippen LogP contribution < -0.4 is 10.6 Å². The Hall–Kier alpha value is -2.51. The third-order valence-corrected chi connectivity index (χ3v) is 4.36. The minimum Gasteiger partial charge on any atom is -0.480 e. The van der Waals surface area contributed by atoms with Gasteiger partial charge in [0.2, 0.25) is 11.8 Å². The number of carbonyl (C=O) groups is 3. The van der Waals surface area contributed by atoms with Crippen molar-refractivity contribution in [3.05, 3.63) is 35.4 Å². The lowest BCUT2D eigenvalue weighted by molar-refractivity contribution is -0.147. The number of carboxylic acid groups (broad SMARTS) is 1. The molecular formula is C17H20F2N2O4. The molecule has 8 heteroatoms. The zero-order valence-electron chi connectivity index (χ0n) is 13.8. The van der Waals surface area contributed by atoms with E-state index in [4.69, 9.17) is 0 Å². The van der Waals surface area contributed by atoms with E-state index in [0.29, 0.717) is 25.7 Å². The average molecular weight is 354 g/mol. The monoisotopic (exact) mass is 354 g/mol. The number of carboxylic acids is 1. The van der Waals surface area contributed by atoms with Gasteiger partial charge in [-0.05, 0) is 25.0 Å². The van der Waals surface area contributed by atoms with Crippen molar-refractivity contribution < 1.29 is 28.3 Å². The van der Waals surface area contributed by atoms with E-state index in [9.17, 15) is 28.3 Å². The third-order valence-electron chi connectivity index (χ3n) is 4.36. The molecular weight excluding hydrogens is 334 g/mol. The molecule has 2 rings (SSSR count). The van der Waals surface area contributed by atoms with Crippen LogP contribution in [0.2, 0.25) is 0 Å². The Morgan fingerprint density at radius 1 is 1.20 bits per heavy atom. The van der Waals surface area contributed by atoms with E-state index in [1.165, 1.54) is 13.0 Å². The van der Waals surface area contributed by atoms with Crippen LogP contribution >= 0.6 is 0 Å². The highest BCUT2D eigenvalue weighted by atomic mass is 19.1. The van der Waals surface area contributed by atoms with Gasteiger partial charge in [-0.15, -0.1) is 0 Å². The first kappa shape index (κ1) is 18.8. The zero-order valence-corrected chi connectivity index (χ0v) is 13.8. The Balaban J connectivity index is 2.21. The van der Waals surface area contributed by atoms with Gasteiger partial charge in [0.15, 0.2) is 0 Å². The van der Waals surface area contributed by atoms with Crippen LogP contribution in [0.25, 0.3) is 0 Å². The second kappa shape index (κ2) is 7.58. The Morgan fingerprint density at radius 2 is 1.76 bits per heavy atom. The maximum atomic E-state index is 14.0. The fraction of sp³-hybridized carbons (Fsp3) is 0.471. The Kier molecular flexibility index (Phi) is 5.71. The summed E-state index contributed by atoms with van der Waals surface area (Å²) in [6.45, 7) is 1.17. The molecule has 0 spiro atoms. The topological polar surface area (TPSA) is 95.5 Å². The van der Waals surface area contributed by atoms with Crippen molar-refractivity contribution >= 4 is 17.8 Å². The molecule has 0 bridgehead atoms. The highest BCUT2D eigenvalue weighted by Gasteiger charge is 2.43. The van der Waals surface area contributed by atoms with Gasteiger partial charge in [-0.3, -0.25) is 9.59 Å². The molecule has 1 aromatic rings. The predicted octanol–water partition coefficient (Wildman–Crippen LogP) is 2.05. The average Bonchev–Trinajstić information content (AvgIpc) is 2.96. The summed E-state index contributed by atoms with van der Waals surface area (Å²) in [6.07, 6.45) is 1.47. The van der Waals surface area contributed by atoms with E-state index < -0.39 is 53.0 Å². The number of halogens is 2. The number of amides is 2. The summed E-state index contributed by atoms with van der Waals surface area (Å²) < 4.78 is 28.0. The molecule has 1 saturated carbocycles. The van der Waals surface area contributed by atoms with Crippen LogP contribution in [-0.4, -0.2) is 28.4 Å². The molecule has 2 amide bonds. The summed E-state index contributed by atoms with van der Waals surface area (Å²) in [5.74, 6) is -4.16. The van der Waals surface area contributed by atoms with E-state index in [1.807, 2.05) is 0 Å². The minimum absolute atomic E-state index is 0.299. The Morgan fingerprint density at radius 3 is 2.24 bits per heavy atom. The van der Waals surface area contributed by atoms with Crippen molar-refractivity contribution in [2.75, 3.05) is 0 Å². The van der Waals surface area contributed by atoms with Crippen LogP contribution in [0.4, 0.5) is 8.78 Å². The number of hydrogen-bond acceptors (Lipinski definition) is 3. The number of nitrogens with one attached hydrogen (secondary N) is 2. The van der Waals surface area contributed by atoms with Gasteiger partial charge in [0.1, 0.15) is 17.2 Å². The van der Waals surface area contributed by atoms with Gasteiger partial charge >= 0.3 is 5.97 Å². The molecule has 0 saturated heterocycles. The van der Waals surface area contributed by atoms with E-state index in [0.717, 1.165) is 12.1 Å². The van der Waals surface area contributed by atoms with Crippen LogP contribution in [0.15, 0.2) is 18.2 Å². The van der Waals surface area contributed by atoms with Crippen LogP contribution in [0.5, 0.6) is 0 Å². The van der Waals surface area contributed by atoms with Crippen molar-refractivity contribution in [2.45, 2.75) is 50.6 Å². The summed E-state index contributed by atoms with van der Waals surface area (Å²) in [6, 6.07) is 2.00. The number of hydrogen-bond donors (Lipinski definition) is 3. The number of benzene rings is 1. The minimum atomic E-state index is -1.36. The standard InChI is InChI=1S/C17H20F2N2O4/c1-10(22)20-13(15-11(18)5-4-6-12(15)19)9-14(23)21-17(16(24)25)7-2-3-8-17/h4-6,13H,2-3,7-9H2,1H3,(H,20,22)(H,21,23)(H,24,25)/t13-/m1/s1. The first-order valence-electron chi connectivity index (χ1n) is 8.00. The zero-order chi connectivity index (χ0) is 18.6. The summed E-state index contributed by atoms with van der Waals surface area (Å²) in [7, 11) is 0. The van der Waals surface area contributed by atoms with E-state index in [1.54, 1.807) is 0 Å². The highest BCUT2D eigenvalue weighted by Crippen LogP contribution is 2.31. The molecule has 1 atom stereocenters. The highest BCUT2D eigenvalue weighted by molar-refractivity contribution is 5.88. The molecule has 1 aliphatic rings. The largest absolute Gasteiger partial charge is 0.480 e. The van der Waals surface area contributed by atoms with E-state index >= 15 is 0 Å². The Bertz CT molecular complexity index is 667. The lowest BCUT2D eigenvalue weighted by Gasteiger charge is -2.27. The maximum Gasteiger partial charge on any atom is 0.329 e. The molecule has 25 heavy (non-hydrogen) atoms. The molecule has 0 unspecified atom stereocenters. The molecule has 1 fully saturated rings. The van der Waals surface area contributed by atoms with Crippen LogP contribution in [0.1, 0.15) is 50.6 Å². The molecule has 6 nitrogen and oxygen atoms in total. The second-order valence-corrected chi connectivity index (χ2v) is 6.24. The van der Waals surface area contributed by atoms with Crippen molar-refractivity contribution in [1.82, 2.24) is 10.6 Å². The first-order chi connectivity index (χ1) is 11.7. The normalized spacial score (nSPS) is 16.9. The summed E-state index contributed by atoms with van der Waals surface area (Å²) in [5.41, 5.74) is -1.78. The van der Waals surface area contributed by atoms with Crippen LogP contribution in [0.3, 0.4) is 0 Å². The Labute approximate surface area is 143 Å². The van der Waals surface area contributed by atoms with Crippen molar-refractivity contribution in [1.29, 1.82) is 0 Å². The molecule has 1 aliphatic carbocycles. The lowest BCUT2D eigenvalue weighted by Crippen LogP contribution is -2.53. The summed E-state index contributed by atoms with van der Waals surface area (Å²) >= 11 is 0. The van der Waals surface area contributed by atoms with Gasteiger partial charge in [-0.25, -0.2) is 13.6 Å². The predicted molar refractivity (Wildman–Crippen MR) is 84.5 cm³/mol. The van der Waals surface area contributed by atoms with Crippen molar-refractivity contribution in [3.63, 3.8) is 0 Å². The summed E-state index contributed by atoms with van der Waals surface area (Å²) in [4.78, 5) is 35.2. The third kappa shape index (κ3) is 4.32. The van der Waals surface area contributed by atoms with E-state index in [2.05, 4.69) is 10.6 Å². The van der Waals surface area contributed by atoms with E-state index in [-0.39, 0.29) is 0 Å². The quantitative estimate of drug-likeness (QED) is 0.728. The summed E-state index contributed by atoms with van der Waals surface area (Å²) in [5, 5.41) is 14.2. The van der Waals surface area contributed by atoms with Gasteiger partial charge in [-0.1, -0.05) is 18.9 Å². The second-order valence-electron chi connectivity index (χ2n) is 6.24. The van der Waals surface area contributed by atoms with Crippen LogP contribution in [-0.2, 0) is 14.4 Å². The molecule has 0 aliphatic heterocycles. The molecule has 136 valence electrons. The lowest BCUT2D eigenvalue weighted by atomic mass is 9.96. The molecule has 1 aromatic carbocycles. The molecule has 0 radical (unpaired) electrons. The number of carbonyl (C=O) groups excluding carboxylic acids is 2. The fourth-order valence-electron chi connectivity index (χ4n) is 3.19. The molecule has 0 heterocycles. The maximum absolute atomic E-state index is 14.0. The van der Waals surface area contributed by atoms with Gasteiger partial charge in [0.25, 0.3) is 0 Å². The number of rotatable bonds is 6. The SMILES string of the molecule is CC(=O)N[C@H](CC(=O)NC1(C(=O)O)CCCC1)c1c(F)cccc1F. The van der Waals surface area contributed by atoms with Gasteiger partial charge in [0.05, 0.1) is 12.5 Å². The molecule has 3 N–H and O–H groups in total. The first-order valence-corrected chi connectivity index (χ1v) is 8.00. The smallest absolute Gasteiger partial charge is 0.329 e.